The van der Waals surface area contributed by atoms with Gasteiger partial charge in [0.1, 0.15) is 24.2 Å². The number of benzene rings is 4. The molecule has 0 aliphatic carbocycles. The summed E-state index contributed by atoms with van der Waals surface area (Å²) < 4.78 is 168. The van der Waals surface area contributed by atoms with Gasteiger partial charge in [-0.25, -0.2) is 0 Å². The zero-order chi connectivity index (χ0) is 38.9. The number of alkyl halides is 12. The number of hydrogen-bond donors (Lipinski definition) is 1. The van der Waals surface area contributed by atoms with E-state index in [-0.39, 0.29) is 29.0 Å². The minimum Gasteiger partial charge on any atom is -0.483 e. The molecule has 4 aromatic carbocycles. The lowest BCUT2D eigenvalue weighted by molar-refractivity contribution is -0.146. The van der Waals surface area contributed by atoms with Crippen LogP contribution in [0.15, 0.2) is 97.1 Å². The maximum Gasteiger partial charge on any atom is 0.416 e. The highest BCUT2D eigenvalue weighted by Gasteiger charge is 2.34. The second-order valence-electron chi connectivity index (χ2n) is 10.7. The normalized spacial score (nSPS) is 13.3. The van der Waals surface area contributed by atoms with Gasteiger partial charge in [-0.05, 0) is 83.9 Å². The van der Waals surface area contributed by atoms with Crippen LogP contribution in [-0.2, 0) is 34.2 Å². The molecule has 282 valence electrons. The molecule has 0 aliphatic heterocycles. The van der Waals surface area contributed by atoms with Crippen molar-refractivity contribution in [3.8, 4) is 11.5 Å². The molecule has 1 N–H and O–H groups in total. The van der Waals surface area contributed by atoms with E-state index in [1.54, 1.807) is 6.92 Å². The van der Waals surface area contributed by atoms with Crippen LogP contribution in [-0.4, -0.2) is 24.3 Å². The van der Waals surface area contributed by atoms with Gasteiger partial charge in [0.05, 0.1) is 28.9 Å². The van der Waals surface area contributed by atoms with E-state index in [0.29, 0.717) is 0 Å². The minimum absolute atomic E-state index is 0.000498. The third-order valence-corrected chi connectivity index (χ3v) is 6.94. The lowest BCUT2D eigenvalue weighted by Gasteiger charge is -2.21. The molecule has 0 radical (unpaired) electrons. The highest BCUT2D eigenvalue weighted by molar-refractivity contribution is 5.68. The first-order chi connectivity index (χ1) is 24.1. The Balaban J connectivity index is 0.000000284. The first-order valence-electron chi connectivity index (χ1n) is 14.9. The van der Waals surface area contributed by atoms with Crippen LogP contribution >= 0.6 is 0 Å². The van der Waals surface area contributed by atoms with Crippen molar-refractivity contribution in [2.75, 3.05) is 13.2 Å². The SMILES string of the molecule is CCC(=O)OCC(Oc1ccc(C(F)(F)F)cc1)c1cccc(C(F)(F)F)c1.OCC(Oc1ccc(C(F)(F)F)cc1)c1cccc(C(F)(F)F)c1. The molecule has 0 heterocycles. The lowest BCUT2D eigenvalue weighted by atomic mass is 10.1. The summed E-state index contributed by atoms with van der Waals surface area (Å²) in [4.78, 5) is 11.4. The Hall–Kier alpha value is -4.93. The number of hydrogen-bond acceptors (Lipinski definition) is 5. The van der Waals surface area contributed by atoms with Crippen molar-refractivity contribution in [3.63, 3.8) is 0 Å². The summed E-state index contributed by atoms with van der Waals surface area (Å²) in [6, 6.07) is 15.8. The van der Waals surface area contributed by atoms with E-state index >= 15 is 0 Å². The molecule has 4 aromatic rings. The number of esters is 1. The lowest BCUT2D eigenvalue weighted by Crippen LogP contribution is -2.18. The summed E-state index contributed by atoms with van der Waals surface area (Å²) in [5.41, 5.74) is -3.48. The van der Waals surface area contributed by atoms with Crippen LogP contribution in [0.25, 0.3) is 0 Å². The molecule has 2 unspecified atom stereocenters. The van der Waals surface area contributed by atoms with Gasteiger partial charge in [-0.1, -0.05) is 31.2 Å². The number of carbonyl (C=O) groups excluding carboxylic acids is 1. The maximum atomic E-state index is 13.0. The molecule has 0 saturated carbocycles. The van der Waals surface area contributed by atoms with Gasteiger partial charge in [0.2, 0.25) is 0 Å². The van der Waals surface area contributed by atoms with Gasteiger partial charge in [-0.15, -0.1) is 0 Å². The van der Waals surface area contributed by atoms with E-state index in [4.69, 9.17) is 14.2 Å². The standard InChI is InChI=1S/C19H16F6O3.C16H12F6O2/c1-2-17(26)27-11-16(12-4-3-5-14(10-12)19(23,24)25)28-15-8-6-13(7-9-15)18(20,21)22;17-15(18,19)11-4-6-13(7-5-11)24-14(9-23)10-2-1-3-12(8-10)16(20,21)22/h3-10,16H,2,11H2,1H3;1-8,14,23H,9H2. The number of rotatable bonds is 10. The van der Waals surface area contributed by atoms with Crippen molar-refractivity contribution in [3.05, 3.63) is 130 Å². The largest absolute Gasteiger partial charge is 0.483 e. The topological polar surface area (TPSA) is 65.0 Å². The molecular formula is C35H28F12O5. The van der Waals surface area contributed by atoms with Gasteiger partial charge in [-0.2, -0.15) is 52.7 Å². The average molecular weight is 757 g/mol. The Labute approximate surface area is 288 Å². The highest BCUT2D eigenvalue weighted by atomic mass is 19.4. The molecule has 4 rings (SSSR count). The molecule has 0 spiro atoms. The monoisotopic (exact) mass is 756 g/mol. The van der Waals surface area contributed by atoms with Crippen LogP contribution in [0.4, 0.5) is 52.7 Å². The molecule has 0 saturated heterocycles. The Kier molecular flexibility index (Phi) is 13.6. The number of aliphatic hydroxyl groups is 1. The summed E-state index contributed by atoms with van der Waals surface area (Å²) in [5, 5.41) is 9.33. The van der Waals surface area contributed by atoms with E-state index in [0.717, 1.165) is 78.9 Å². The van der Waals surface area contributed by atoms with Gasteiger partial charge in [-0.3, -0.25) is 4.79 Å². The third-order valence-electron chi connectivity index (χ3n) is 6.94. The van der Waals surface area contributed by atoms with Crippen molar-refractivity contribution in [1.29, 1.82) is 0 Å². The molecule has 0 fully saturated rings. The first kappa shape index (κ1) is 41.5. The third kappa shape index (κ3) is 12.4. The van der Waals surface area contributed by atoms with Crippen molar-refractivity contribution in [2.45, 2.75) is 50.3 Å². The van der Waals surface area contributed by atoms with Crippen LogP contribution in [0.2, 0.25) is 0 Å². The maximum absolute atomic E-state index is 13.0. The van der Waals surface area contributed by atoms with Crippen molar-refractivity contribution in [1.82, 2.24) is 0 Å². The number of carbonyl (C=O) groups is 1. The average Bonchev–Trinajstić information content (AvgIpc) is 3.08. The highest BCUT2D eigenvalue weighted by Crippen LogP contribution is 2.35. The molecule has 0 amide bonds. The Morgan fingerprint density at radius 1 is 0.558 bits per heavy atom. The van der Waals surface area contributed by atoms with Crippen molar-refractivity contribution >= 4 is 5.97 Å². The van der Waals surface area contributed by atoms with Crippen molar-refractivity contribution in [2.24, 2.45) is 0 Å². The second kappa shape index (κ2) is 17.1. The van der Waals surface area contributed by atoms with Crippen LogP contribution in [0.1, 0.15) is 58.9 Å². The van der Waals surface area contributed by atoms with Crippen molar-refractivity contribution < 1.29 is 76.8 Å². The van der Waals surface area contributed by atoms with Crippen LogP contribution in [0, 0.1) is 0 Å². The summed E-state index contributed by atoms with van der Waals surface area (Å²) in [6.45, 7) is 0.510. The van der Waals surface area contributed by atoms with Gasteiger partial charge in [0.25, 0.3) is 0 Å². The first-order valence-corrected chi connectivity index (χ1v) is 14.9. The molecule has 2 atom stereocenters. The quantitative estimate of drug-likeness (QED) is 0.129. The van der Waals surface area contributed by atoms with E-state index in [2.05, 4.69) is 0 Å². The van der Waals surface area contributed by atoms with Crippen LogP contribution in [0.5, 0.6) is 11.5 Å². The molecule has 0 aliphatic rings. The summed E-state index contributed by atoms with van der Waals surface area (Å²) in [7, 11) is 0. The predicted molar refractivity (Wildman–Crippen MR) is 161 cm³/mol. The second-order valence-corrected chi connectivity index (χ2v) is 10.7. The molecule has 5 nitrogen and oxygen atoms in total. The van der Waals surface area contributed by atoms with Crippen LogP contribution < -0.4 is 9.47 Å². The fourth-order valence-corrected chi connectivity index (χ4v) is 4.28. The number of aliphatic hydroxyl groups excluding tert-OH is 1. The molecule has 0 aromatic heterocycles. The zero-order valence-corrected chi connectivity index (χ0v) is 26.6. The van der Waals surface area contributed by atoms with E-state index in [1.807, 2.05) is 0 Å². The Morgan fingerprint density at radius 2 is 0.923 bits per heavy atom. The van der Waals surface area contributed by atoms with Gasteiger partial charge >= 0.3 is 30.7 Å². The fraction of sp³-hybridized carbons (Fsp3) is 0.286. The molecule has 17 heteroatoms. The van der Waals surface area contributed by atoms with E-state index < -0.39 is 78.4 Å². The smallest absolute Gasteiger partial charge is 0.416 e. The zero-order valence-electron chi connectivity index (χ0n) is 26.6. The molecule has 52 heavy (non-hydrogen) atoms. The fourth-order valence-electron chi connectivity index (χ4n) is 4.28. The van der Waals surface area contributed by atoms with Gasteiger partial charge in [0.15, 0.2) is 6.10 Å². The molecule has 0 bridgehead atoms. The van der Waals surface area contributed by atoms with Crippen LogP contribution in [0.3, 0.4) is 0 Å². The van der Waals surface area contributed by atoms with E-state index in [1.165, 1.54) is 18.2 Å². The summed E-state index contributed by atoms with van der Waals surface area (Å²) >= 11 is 0. The van der Waals surface area contributed by atoms with Gasteiger partial charge in [0, 0.05) is 6.42 Å². The number of ether oxygens (including phenoxy) is 3. The minimum atomic E-state index is -4.59. The summed E-state index contributed by atoms with van der Waals surface area (Å²) in [5.74, 6) is -0.601. The predicted octanol–water partition coefficient (Wildman–Crippen LogP) is 10.6. The number of halogens is 12. The molecular weight excluding hydrogens is 728 g/mol. The Bertz CT molecular complexity index is 1730. The Morgan fingerprint density at radius 3 is 1.27 bits per heavy atom. The summed E-state index contributed by atoms with van der Waals surface area (Å²) in [6.07, 6.45) is -20.4. The van der Waals surface area contributed by atoms with E-state index in [9.17, 15) is 62.6 Å². The van der Waals surface area contributed by atoms with Gasteiger partial charge < -0.3 is 19.3 Å².